The number of hydroxylamine groups is 4. The second kappa shape index (κ2) is 5.03. The summed E-state index contributed by atoms with van der Waals surface area (Å²) in [7, 11) is 3.05. The van der Waals surface area contributed by atoms with Crippen LogP contribution in [0.15, 0.2) is 0 Å². The Morgan fingerprint density at radius 2 is 1.83 bits per heavy atom. The number of nitrogens with one attached hydrogen (secondary N) is 2. The SMILES string of the molecule is CONC1CC2CC1C1CC(NON(C)[O-])CC21. The van der Waals surface area contributed by atoms with Gasteiger partial charge in [-0.1, -0.05) is 0 Å². The smallest absolute Gasteiger partial charge is 0.0572 e. The van der Waals surface area contributed by atoms with Gasteiger partial charge in [0, 0.05) is 19.1 Å². The van der Waals surface area contributed by atoms with E-state index in [4.69, 9.17) is 9.78 Å². The molecule has 104 valence electrons. The molecule has 0 aromatic carbocycles. The van der Waals surface area contributed by atoms with Gasteiger partial charge >= 0.3 is 0 Å². The zero-order chi connectivity index (χ0) is 12.7. The quantitative estimate of drug-likeness (QED) is 0.709. The number of nitrogens with zero attached hydrogens (tertiary/aromatic N) is 1. The van der Waals surface area contributed by atoms with Crippen molar-refractivity contribution in [3.8, 4) is 0 Å². The lowest BCUT2D eigenvalue weighted by Gasteiger charge is -2.31. The van der Waals surface area contributed by atoms with Crippen LogP contribution in [-0.2, 0) is 9.78 Å². The van der Waals surface area contributed by atoms with E-state index >= 15 is 0 Å². The van der Waals surface area contributed by atoms with E-state index in [9.17, 15) is 5.21 Å². The Morgan fingerprint density at radius 3 is 2.56 bits per heavy atom. The van der Waals surface area contributed by atoms with Crippen LogP contribution in [-0.4, -0.2) is 31.5 Å². The van der Waals surface area contributed by atoms with E-state index in [1.807, 2.05) is 0 Å². The molecular weight excluding hydrogens is 234 g/mol. The van der Waals surface area contributed by atoms with Gasteiger partial charge in [0.25, 0.3) is 0 Å². The molecule has 0 amide bonds. The first-order valence-corrected chi connectivity index (χ1v) is 6.81. The van der Waals surface area contributed by atoms with Crippen molar-refractivity contribution >= 4 is 0 Å². The Bertz CT molecular complexity index is 302. The van der Waals surface area contributed by atoms with Gasteiger partial charge in [0.05, 0.1) is 7.11 Å². The van der Waals surface area contributed by atoms with E-state index in [0.29, 0.717) is 17.3 Å². The molecule has 3 aliphatic carbocycles. The maximum absolute atomic E-state index is 10.7. The molecule has 0 heterocycles. The Balaban J connectivity index is 1.56. The molecule has 2 bridgehead atoms. The van der Waals surface area contributed by atoms with Gasteiger partial charge in [-0.25, -0.2) is 10.2 Å². The molecule has 6 nitrogen and oxygen atoms in total. The summed E-state index contributed by atoms with van der Waals surface area (Å²) >= 11 is 0. The molecule has 0 spiro atoms. The van der Waals surface area contributed by atoms with E-state index in [1.54, 1.807) is 7.11 Å². The van der Waals surface area contributed by atoms with Crippen molar-refractivity contribution in [3.05, 3.63) is 5.21 Å². The van der Waals surface area contributed by atoms with E-state index in [-0.39, 0.29) is 0 Å². The van der Waals surface area contributed by atoms with Gasteiger partial charge in [0.2, 0.25) is 0 Å². The molecule has 3 aliphatic rings. The zero-order valence-electron chi connectivity index (χ0n) is 11.0. The fourth-order valence-electron chi connectivity index (χ4n) is 4.60. The standard InChI is InChI=1S/C12H22N3O3/c1-15(16)18-13-8-5-9-7-3-11(10(9)6-8)12(4-7)14-17-2/h7-14H,3-6H2,1-2H3/q-1. The van der Waals surface area contributed by atoms with E-state index < -0.39 is 0 Å². The molecule has 0 saturated heterocycles. The second-order valence-electron chi connectivity index (χ2n) is 5.97. The molecular formula is C12H22N3O3-. The Hall–Kier alpha value is -0.240. The molecule has 6 heteroatoms. The Labute approximate surface area is 107 Å². The third kappa shape index (κ3) is 2.17. The lowest BCUT2D eigenvalue weighted by molar-refractivity contribution is -0.173. The predicted molar refractivity (Wildman–Crippen MR) is 65.5 cm³/mol. The second-order valence-corrected chi connectivity index (χ2v) is 5.97. The summed E-state index contributed by atoms with van der Waals surface area (Å²) in [6, 6.07) is 0.839. The van der Waals surface area contributed by atoms with Crippen molar-refractivity contribution in [2.24, 2.45) is 23.7 Å². The van der Waals surface area contributed by atoms with Crippen molar-refractivity contribution in [1.82, 2.24) is 16.2 Å². The van der Waals surface area contributed by atoms with Gasteiger partial charge in [0.1, 0.15) is 0 Å². The fourth-order valence-corrected chi connectivity index (χ4v) is 4.60. The van der Waals surface area contributed by atoms with Crippen LogP contribution in [0.3, 0.4) is 0 Å². The Kier molecular flexibility index (Phi) is 3.57. The minimum Gasteiger partial charge on any atom is -0.761 e. The molecule has 0 aliphatic heterocycles. The first-order valence-electron chi connectivity index (χ1n) is 6.81. The van der Waals surface area contributed by atoms with Crippen molar-refractivity contribution < 1.29 is 9.78 Å². The minimum atomic E-state index is 0.322. The van der Waals surface area contributed by atoms with Crippen LogP contribution in [0.2, 0.25) is 0 Å². The van der Waals surface area contributed by atoms with E-state index in [1.165, 1.54) is 19.9 Å². The van der Waals surface area contributed by atoms with Gasteiger partial charge < -0.3 is 10.0 Å². The highest BCUT2D eigenvalue weighted by molar-refractivity contribution is 5.07. The van der Waals surface area contributed by atoms with Crippen LogP contribution >= 0.6 is 0 Å². The number of fused-ring (bicyclic) bond motifs is 5. The lowest BCUT2D eigenvalue weighted by Crippen LogP contribution is -2.38. The molecule has 6 atom stereocenters. The van der Waals surface area contributed by atoms with Gasteiger partial charge in [-0.15, -0.1) is 0 Å². The summed E-state index contributed by atoms with van der Waals surface area (Å²) in [6.07, 6.45) is 4.82. The maximum Gasteiger partial charge on any atom is 0.0572 e. The third-order valence-electron chi connectivity index (χ3n) is 5.08. The molecule has 2 N–H and O–H groups in total. The van der Waals surface area contributed by atoms with Gasteiger partial charge in [-0.05, 0) is 49.4 Å². The van der Waals surface area contributed by atoms with Crippen molar-refractivity contribution in [1.29, 1.82) is 0 Å². The largest absolute Gasteiger partial charge is 0.761 e. The summed E-state index contributed by atoms with van der Waals surface area (Å²) in [5.41, 5.74) is 6.03. The predicted octanol–water partition coefficient (Wildman–Crippen LogP) is 0.806. The summed E-state index contributed by atoms with van der Waals surface area (Å²) in [5.74, 6) is 3.12. The number of rotatable bonds is 5. The number of hydrogen-bond donors (Lipinski definition) is 2. The average Bonchev–Trinajstić information content (AvgIpc) is 2.95. The van der Waals surface area contributed by atoms with Gasteiger partial charge in [0.15, 0.2) is 0 Å². The maximum atomic E-state index is 10.7. The normalized spacial score (nSPS) is 46.0. The van der Waals surface area contributed by atoms with Crippen LogP contribution in [0.4, 0.5) is 0 Å². The highest BCUT2D eigenvalue weighted by Gasteiger charge is 2.56. The highest BCUT2D eigenvalue weighted by Crippen LogP contribution is 2.58. The van der Waals surface area contributed by atoms with Crippen LogP contribution in [0.1, 0.15) is 25.7 Å². The molecule has 0 aromatic rings. The van der Waals surface area contributed by atoms with Gasteiger partial charge in [-0.2, -0.15) is 11.0 Å². The van der Waals surface area contributed by atoms with Crippen LogP contribution in [0, 0.1) is 28.9 Å². The molecule has 3 saturated carbocycles. The minimum absolute atomic E-state index is 0.322. The molecule has 0 radical (unpaired) electrons. The first kappa shape index (κ1) is 12.8. The molecule has 3 rings (SSSR count). The highest BCUT2D eigenvalue weighted by atomic mass is 17.0. The Morgan fingerprint density at radius 1 is 1.06 bits per heavy atom. The van der Waals surface area contributed by atoms with Crippen LogP contribution < -0.4 is 11.0 Å². The summed E-state index contributed by atoms with van der Waals surface area (Å²) < 4.78 is 0. The van der Waals surface area contributed by atoms with Crippen molar-refractivity contribution in [2.45, 2.75) is 37.8 Å². The van der Waals surface area contributed by atoms with Crippen molar-refractivity contribution in [2.75, 3.05) is 14.2 Å². The lowest BCUT2D eigenvalue weighted by atomic mass is 9.79. The third-order valence-corrected chi connectivity index (χ3v) is 5.08. The van der Waals surface area contributed by atoms with Crippen LogP contribution in [0.25, 0.3) is 0 Å². The zero-order valence-corrected chi connectivity index (χ0v) is 11.0. The van der Waals surface area contributed by atoms with E-state index in [2.05, 4.69) is 11.0 Å². The molecule has 0 aromatic heterocycles. The molecule has 3 fully saturated rings. The molecule has 6 unspecified atom stereocenters. The van der Waals surface area contributed by atoms with Crippen LogP contribution in [0.5, 0.6) is 0 Å². The van der Waals surface area contributed by atoms with Crippen molar-refractivity contribution in [3.63, 3.8) is 0 Å². The average molecular weight is 256 g/mol. The van der Waals surface area contributed by atoms with Gasteiger partial charge in [-0.3, -0.25) is 0 Å². The first-order chi connectivity index (χ1) is 8.69. The van der Waals surface area contributed by atoms with E-state index in [0.717, 1.165) is 36.5 Å². The molecule has 18 heavy (non-hydrogen) atoms. The topological polar surface area (TPSA) is 68.8 Å². The summed E-state index contributed by atoms with van der Waals surface area (Å²) in [6.45, 7) is 0. The number of hydrogen-bond acceptors (Lipinski definition) is 6. The summed E-state index contributed by atoms with van der Waals surface area (Å²) in [5, 5.41) is 11.2. The fraction of sp³-hybridized carbons (Fsp3) is 1.00. The summed E-state index contributed by atoms with van der Waals surface area (Å²) in [4.78, 5) is 9.94. The monoisotopic (exact) mass is 256 g/mol.